The van der Waals surface area contributed by atoms with Gasteiger partial charge in [0.1, 0.15) is 0 Å². The Morgan fingerprint density at radius 3 is 2.64 bits per heavy atom. The molecule has 0 spiro atoms. The van der Waals surface area contributed by atoms with E-state index in [2.05, 4.69) is 34.1 Å². The van der Waals surface area contributed by atoms with Crippen LogP contribution in [0.1, 0.15) is 52.9 Å². The zero-order chi connectivity index (χ0) is 10.6. The van der Waals surface area contributed by atoms with Gasteiger partial charge >= 0.3 is 0 Å². The van der Waals surface area contributed by atoms with Crippen molar-refractivity contribution in [3.05, 3.63) is 13.3 Å². The maximum Gasteiger partial charge on any atom is -0.0350 e. The topological polar surface area (TPSA) is 0 Å². The lowest BCUT2D eigenvalue weighted by atomic mass is 9.68. The predicted octanol–water partition coefficient (Wildman–Crippen LogP) is 4.51. The van der Waals surface area contributed by atoms with E-state index in [4.69, 9.17) is 0 Å². The average molecular weight is 194 g/mol. The summed E-state index contributed by atoms with van der Waals surface area (Å²) in [6.07, 6.45) is 9.13. The van der Waals surface area contributed by atoms with Gasteiger partial charge in [-0.15, -0.1) is 0 Å². The number of hydrogen-bond donors (Lipinski definition) is 0. The molecule has 1 aliphatic rings. The fourth-order valence-corrected chi connectivity index (χ4v) is 2.88. The van der Waals surface area contributed by atoms with Gasteiger partial charge < -0.3 is 0 Å². The van der Waals surface area contributed by atoms with E-state index in [1.165, 1.54) is 25.7 Å². The molecule has 0 aromatic carbocycles. The summed E-state index contributed by atoms with van der Waals surface area (Å²) >= 11 is 0. The highest BCUT2D eigenvalue weighted by Crippen LogP contribution is 2.39. The van der Waals surface area contributed by atoms with Crippen molar-refractivity contribution >= 4 is 0 Å². The highest BCUT2D eigenvalue weighted by molar-refractivity contribution is 4.88. The quantitative estimate of drug-likeness (QED) is 0.617. The number of rotatable bonds is 4. The Balaban J connectivity index is 2.45. The van der Waals surface area contributed by atoms with Crippen molar-refractivity contribution < 1.29 is 0 Å². The lowest BCUT2D eigenvalue weighted by molar-refractivity contribution is 0.164. The van der Waals surface area contributed by atoms with Crippen molar-refractivity contribution in [1.29, 1.82) is 0 Å². The molecule has 1 rings (SSSR count). The van der Waals surface area contributed by atoms with Crippen molar-refractivity contribution in [1.82, 2.24) is 0 Å². The summed E-state index contributed by atoms with van der Waals surface area (Å²) in [4.78, 5) is 0. The summed E-state index contributed by atoms with van der Waals surface area (Å²) in [6.45, 7) is 11.1. The van der Waals surface area contributed by atoms with Crippen molar-refractivity contribution in [2.24, 2.45) is 23.7 Å². The van der Waals surface area contributed by atoms with Crippen LogP contribution in [0.5, 0.6) is 0 Å². The molecule has 3 unspecified atom stereocenters. The molecule has 82 valence electrons. The molecule has 0 aromatic heterocycles. The molecule has 2 radical (unpaired) electrons. The first kappa shape index (κ1) is 12.1. The smallest absolute Gasteiger partial charge is 0.0350 e. The Morgan fingerprint density at radius 1 is 1.36 bits per heavy atom. The highest BCUT2D eigenvalue weighted by Gasteiger charge is 2.29. The van der Waals surface area contributed by atoms with E-state index in [1.54, 1.807) is 0 Å². The Bertz CT molecular complexity index is 148. The number of hydrogen-bond acceptors (Lipinski definition) is 0. The Labute approximate surface area is 90.5 Å². The van der Waals surface area contributed by atoms with Gasteiger partial charge in [0.05, 0.1) is 0 Å². The summed E-state index contributed by atoms with van der Waals surface area (Å²) in [6, 6.07) is 0. The third kappa shape index (κ3) is 3.29. The minimum atomic E-state index is 0.855. The maximum absolute atomic E-state index is 3.93. The highest BCUT2D eigenvalue weighted by atomic mass is 14.3. The van der Waals surface area contributed by atoms with Crippen LogP contribution in [0.25, 0.3) is 0 Å². The van der Waals surface area contributed by atoms with Crippen LogP contribution < -0.4 is 0 Å². The van der Waals surface area contributed by atoms with Crippen molar-refractivity contribution in [3.8, 4) is 0 Å². The second-order valence-electron chi connectivity index (χ2n) is 5.37. The van der Waals surface area contributed by atoms with Crippen LogP contribution in [0, 0.1) is 37.0 Å². The molecule has 0 amide bonds. The van der Waals surface area contributed by atoms with E-state index in [9.17, 15) is 0 Å². The van der Waals surface area contributed by atoms with E-state index in [0.717, 1.165) is 30.1 Å². The average Bonchev–Trinajstić information content (AvgIpc) is 2.14. The molecule has 14 heavy (non-hydrogen) atoms. The van der Waals surface area contributed by atoms with E-state index >= 15 is 0 Å². The van der Waals surface area contributed by atoms with Crippen molar-refractivity contribution in [2.75, 3.05) is 0 Å². The fraction of sp³-hybridized carbons (Fsp3) is 0.857. The van der Waals surface area contributed by atoms with Gasteiger partial charge in [0, 0.05) is 0 Å². The summed E-state index contributed by atoms with van der Waals surface area (Å²) in [5.41, 5.74) is 0. The van der Waals surface area contributed by atoms with Gasteiger partial charge in [-0.25, -0.2) is 0 Å². The molecule has 0 nitrogen and oxygen atoms in total. The van der Waals surface area contributed by atoms with E-state index in [1.807, 2.05) is 0 Å². The maximum atomic E-state index is 3.93. The van der Waals surface area contributed by atoms with Crippen LogP contribution in [0.4, 0.5) is 0 Å². The molecule has 0 saturated heterocycles. The summed E-state index contributed by atoms with van der Waals surface area (Å²) in [7, 11) is 0. The van der Waals surface area contributed by atoms with Crippen LogP contribution >= 0.6 is 0 Å². The second-order valence-corrected chi connectivity index (χ2v) is 5.37. The Hall–Kier alpha value is 0. The molecule has 0 aromatic rings. The standard InChI is InChI=1S/C14H26/c1-5-6-7-13-10-12(4)8-9-14(13)11(2)3/h7,11-14H,1,5-6,8-10H2,2-4H3. The van der Waals surface area contributed by atoms with Gasteiger partial charge in [-0.1, -0.05) is 40.5 Å². The first-order valence-electron chi connectivity index (χ1n) is 6.27. The Kier molecular flexibility index (Phi) is 4.98. The monoisotopic (exact) mass is 194 g/mol. The molecule has 1 saturated carbocycles. The molecule has 0 aliphatic heterocycles. The number of unbranched alkanes of at least 4 members (excludes halogenated alkanes) is 1. The SMILES string of the molecule is [CH2]CC[CH]C1CC(C)CCC1C(C)C. The lowest BCUT2D eigenvalue weighted by Crippen LogP contribution is -2.27. The first-order chi connectivity index (χ1) is 6.65. The molecule has 0 N–H and O–H groups in total. The molecule has 0 heteroatoms. The van der Waals surface area contributed by atoms with Crippen LogP contribution in [0.15, 0.2) is 0 Å². The summed E-state index contributed by atoms with van der Waals surface area (Å²) in [5.74, 6) is 3.61. The van der Waals surface area contributed by atoms with Gasteiger partial charge in [0.25, 0.3) is 0 Å². The zero-order valence-corrected chi connectivity index (χ0v) is 10.1. The van der Waals surface area contributed by atoms with Gasteiger partial charge in [0.2, 0.25) is 0 Å². The largest absolute Gasteiger partial charge is 0.0625 e. The van der Waals surface area contributed by atoms with Crippen molar-refractivity contribution in [2.45, 2.75) is 52.9 Å². The van der Waals surface area contributed by atoms with E-state index in [-0.39, 0.29) is 0 Å². The third-order valence-corrected chi connectivity index (χ3v) is 3.75. The molecule has 0 heterocycles. The van der Waals surface area contributed by atoms with E-state index in [0.29, 0.717) is 0 Å². The van der Waals surface area contributed by atoms with Gasteiger partial charge in [-0.3, -0.25) is 0 Å². The van der Waals surface area contributed by atoms with Gasteiger partial charge in [0.15, 0.2) is 0 Å². The molecule has 1 aliphatic carbocycles. The predicted molar refractivity (Wildman–Crippen MR) is 63.7 cm³/mol. The van der Waals surface area contributed by atoms with Crippen molar-refractivity contribution in [3.63, 3.8) is 0 Å². The van der Waals surface area contributed by atoms with E-state index < -0.39 is 0 Å². The zero-order valence-electron chi connectivity index (χ0n) is 10.1. The molecule has 3 atom stereocenters. The van der Waals surface area contributed by atoms with Crippen LogP contribution in [-0.2, 0) is 0 Å². The molecule has 1 fully saturated rings. The second kappa shape index (κ2) is 5.78. The molecular formula is C14H26. The van der Waals surface area contributed by atoms with Crippen LogP contribution in [0.3, 0.4) is 0 Å². The molecular weight excluding hydrogens is 168 g/mol. The van der Waals surface area contributed by atoms with Crippen LogP contribution in [-0.4, -0.2) is 0 Å². The van der Waals surface area contributed by atoms with Crippen LogP contribution in [0.2, 0.25) is 0 Å². The molecule has 0 bridgehead atoms. The minimum absolute atomic E-state index is 0.855. The summed E-state index contributed by atoms with van der Waals surface area (Å²) in [5, 5.41) is 0. The van der Waals surface area contributed by atoms with Gasteiger partial charge in [-0.05, 0) is 49.4 Å². The lowest BCUT2D eigenvalue weighted by Gasteiger charge is -2.37. The Morgan fingerprint density at radius 2 is 2.07 bits per heavy atom. The first-order valence-corrected chi connectivity index (χ1v) is 6.27. The normalized spacial score (nSPS) is 33.6. The summed E-state index contributed by atoms with van der Waals surface area (Å²) < 4.78 is 0. The minimum Gasteiger partial charge on any atom is -0.0625 e. The van der Waals surface area contributed by atoms with Gasteiger partial charge in [-0.2, -0.15) is 0 Å². The fourth-order valence-electron chi connectivity index (χ4n) is 2.88. The third-order valence-electron chi connectivity index (χ3n) is 3.75.